The Bertz CT molecular complexity index is 2060. The topological polar surface area (TPSA) is 40.5 Å². The van der Waals surface area contributed by atoms with Gasteiger partial charge in [0.2, 0.25) is 0 Å². The van der Waals surface area contributed by atoms with Gasteiger partial charge in [0.1, 0.15) is 23.5 Å². The Balaban J connectivity index is 1.51. The molecule has 192 valence electrons. The Labute approximate surface area is 242 Å². The fourth-order valence-electron chi connectivity index (χ4n) is 6.43. The molecule has 7 rings (SSSR count). The largest absolute Gasteiger partial charge is 0.505 e. The van der Waals surface area contributed by atoms with Gasteiger partial charge in [-0.05, 0) is 54.6 Å². The monoisotopic (exact) mass is 524 g/mol. The van der Waals surface area contributed by atoms with E-state index in [1.54, 1.807) is 0 Å². The SMILES string of the molecule is Bc1c(B)c(O)c(O)c(-c2c3ccccc3c(-c3ccc(-c4cccc5ccccc45)cc3)c3ccccc23)c1B. The van der Waals surface area contributed by atoms with E-state index in [2.05, 4.69) is 103 Å². The third-order valence-electron chi connectivity index (χ3n) is 8.77. The van der Waals surface area contributed by atoms with Gasteiger partial charge in [-0.1, -0.05) is 132 Å². The van der Waals surface area contributed by atoms with E-state index in [0.717, 1.165) is 49.2 Å². The molecule has 0 saturated heterocycles. The average molecular weight is 524 g/mol. The van der Waals surface area contributed by atoms with Crippen LogP contribution in [0.25, 0.3) is 65.7 Å². The second-order valence-electron chi connectivity index (χ2n) is 10.9. The number of phenols is 2. The lowest BCUT2D eigenvalue weighted by atomic mass is 9.68. The van der Waals surface area contributed by atoms with Gasteiger partial charge in [-0.2, -0.15) is 0 Å². The summed E-state index contributed by atoms with van der Waals surface area (Å²) in [4.78, 5) is 0. The van der Waals surface area contributed by atoms with E-state index >= 15 is 0 Å². The minimum absolute atomic E-state index is 0.0515. The van der Waals surface area contributed by atoms with E-state index in [-0.39, 0.29) is 11.5 Å². The van der Waals surface area contributed by atoms with Gasteiger partial charge in [0.25, 0.3) is 0 Å². The Kier molecular flexibility index (Phi) is 5.90. The number of aromatic hydroxyl groups is 2. The summed E-state index contributed by atoms with van der Waals surface area (Å²) < 4.78 is 0. The lowest BCUT2D eigenvalue weighted by Gasteiger charge is -2.22. The maximum Gasteiger partial charge on any atom is 0.164 e. The summed E-state index contributed by atoms with van der Waals surface area (Å²) in [7, 11) is 5.88. The molecule has 0 aromatic heterocycles. The van der Waals surface area contributed by atoms with Crippen molar-refractivity contribution in [1.82, 2.24) is 0 Å². The van der Waals surface area contributed by atoms with Crippen LogP contribution >= 0.6 is 0 Å². The summed E-state index contributed by atoms with van der Waals surface area (Å²) in [5, 5.41) is 29.0. The normalized spacial score (nSPS) is 11.4. The number of phenolic OH excluding ortho intramolecular Hbond substituents is 2. The van der Waals surface area contributed by atoms with E-state index in [9.17, 15) is 10.2 Å². The lowest BCUT2D eigenvalue weighted by Crippen LogP contribution is -2.40. The highest BCUT2D eigenvalue weighted by Crippen LogP contribution is 2.46. The molecule has 7 aromatic carbocycles. The van der Waals surface area contributed by atoms with Crippen LogP contribution in [-0.4, -0.2) is 33.8 Å². The molecule has 0 bridgehead atoms. The average Bonchev–Trinajstić information content (AvgIpc) is 3.02. The summed E-state index contributed by atoms with van der Waals surface area (Å²) in [6.07, 6.45) is 0. The van der Waals surface area contributed by atoms with Gasteiger partial charge in [0.05, 0.1) is 0 Å². The first kappa shape index (κ1) is 25.1. The van der Waals surface area contributed by atoms with Crippen LogP contribution in [0.3, 0.4) is 0 Å². The first-order valence-corrected chi connectivity index (χ1v) is 14.0. The van der Waals surface area contributed by atoms with Crippen LogP contribution in [0.5, 0.6) is 11.5 Å². The molecule has 0 amide bonds. The zero-order valence-electron chi connectivity index (χ0n) is 23.4. The molecule has 0 spiro atoms. The molecule has 0 aliphatic carbocycles. The molecule has 2 nitrogen and oxygen atoms in total. The second kappa shape index (κ2) is 9.64. The Morgan fingerprint density at radius 3 is 1.46 bits per heavy atom. The summed E-state index contributed by atoms with van der Waals surface area (Å²) in [5.41, 5.74) is 9.00. The van der Waals surface area contributed by atoms with E-state index in [0.29, 0.717) is 11.0 Å². The Morgan fingerprint density at radius 1 is 0.366 bits per heavy atom. The minimum atomic E-state index is -0.0619. The molecule has 0 heterocycles. The van der Waals surface area contributed by atoms with Crippen LogP contribution in [0.4, 0.5) is 0 Å². The highest BCUT2D eigenvalue weighted by molar-refractivity contribution is 6.60. The van der Waals surface area contributed by atoms with Crippen molar-refractivity contribution >= 4 is 72.2 Å². The zero-order valence-corrected chi connectivity index (χ0v) is 23.4. The quantitative estimate of drug-likeness (QED) is 0.206. The molecule has 7 aromatic rings. The highest BCUT2D eigenvalue weighted by Gasteiger charge is 2.23. The maximum atomic E-state index is 11.3. The molecule has 0 aliphatic heterocycles. The van der Waals surface area contributed by atoms with E-state index in [4.69, 9.17) is 0 Å². The molecule has 0 atom stereocenters. The zero-order chi connectivity index (χ0) is 28.2. The van der Waals surface area contributed by atoms with Crippen molar-refractivity contribution in [1.29, 1.82) is 0 Å². The van der Waals surface area contributed by atoms with Gasteiger partial charge in [0, 0.05) is 11.1 Å². The van der Waals surface area contributed by atoms with Crippen LogP contribution in [0.2, 0.25) is 0 Å². The van der Waals surface area contributed by atoms with Crippen molar-refractivity contribution in [3.05, 3.63) is 115 Å². The van der Waals surface area contributed by atoms with Crippen molar-refractivity contribution in [3.63, 3.8) is 0 Å². The predicted octanol–water partition coefficient (Wildman–Crippen LogP) is 4.33. The van der Waals surface area contributed by atoms with E-state index in [1.165, 1.54) is 21.9 Å². The molecule has 0 unspecified atom stereocenters. The Hall–Kier alpha value is -4.89. The van der Waals surface area contributed by atoms with Crippen molar-refractivity contribution in [2.45, 2.75) is 0 Å². The predicted molar refractivity (Wildman–Crippen MR) is 183 cm³/mol. The lowest BCUT2D eigenvalue weighted by molar-refractivity contribution is 0.409. The van der Waals surface area contributed by atoms with Crippen molar-refractivity contribution in [2.75, 3.05) is 0 Å². The van der Waals surface area contributed by atoms with Crippen LogP contribution in [0.1, 0.15) is 0 Å². The molecular formula is C36H27B3O2. The van der Waals surface area contributed by atoms with Gasteiger partial charge >= 0.3 is 0 Å². The van der Waals surface area contributed by atoms with Gasteiger partial charge in [-0.3, -0.25) is 0 Å². The summed E-state index contributed by atoms with van der Waals surface area (Å²) in [6, 6.07) is 40.6. The first-order chi connectivity index (χ1) is 20.0. The van der Waals surface area contributed by atoms with Crippen molar-refractivity contribution in [3.8, 4) is 44.9 Å². The van der Waals surface area contributed by atoms with E-state index < -0.39 is 0 Å². The Morgan fingerprint density at radius 2 is 0.854 bits per heavy atom. The van der Waals surface area contributed by atoms with Gasteiger partial charge in [-0.25, -0.2) is 0 Å². The minimum Gasteiger partial charge on any atom is -0.505 e. The molecule has 0 aliphatic rings. The maximum absolute atomic E-state index is 11.3. The fraction of sp³-hybridized carbons (Fsp3) is 0. The standard InChI is InChI=1S/C36H27B3O2/c37-32-31(35(40)36(41)34(39)33(32)38)30-27-13-5-3-11-25(27)29(26-12-4-6-14-28(26)30)22-18-16-21(17-19-22)24-15-7-9-20-8-1-2-10-23(20)24/h1-19,40-41H,37-39H2. The van der Waals surface area contributed by atoms with Crippen LogP contribution in [0.15, 0.2) is 115 Å². The number of rotatable bonds is 3. The molecule has 5 heteroatoms. The molecule has 0 radical (unpaired) electrons. The molecule has 0 fully saturated rings. The molecule has 41 heavy (non-hydrogen) atoms. The number of fused-ring (bicyclic) bond motifs is 3. The third-order valence-corrected chi connectivity index (χ3v) is 8.77. The molecule has 0 saturated carbocycles. The van der Waals surface area contributed by atoms with Gasteiger partial charge < -0.3 is 10.2 Å². The summed E-state index contributed by atoms with van der Waals surface area (Å²) >= 11 is 0. The molecule has 2 N–H and O–H groups in total. The van der Waals surface area contributed by atoms with Gasteiger partial charge in [-0.15, -0.1) is 0 Å². The van der Waals surface area contributed by atoms with Crippen molar-refractivity contribution < 1.29 is 10.2 Å². The van der Waals surface area contributed by atoms with Gasteiger partial charge in [0.15, 0.2) is 11.5 Å². The van der Waals surface area contributed by atoms with Crippen LogP contribution in [-0.2, 0) is 0 Å². The smallest absolute Gasteiger partial charge is 0.164 e. The number of hydrogen-bond acceptors (Lipinski definition) is 2. The van der Waals surface area contributed by atoms with Crippen LogP contribution in [0, 0.1) is 0 Å². The molecular weight excluding hydrogens is 497 g/mol. The van der Waals surface area contributed by atoms with Crippen molar-refractivity contribution in [2.24, 2.45) is 0 Å². The third kappa shape index (κ3) is 3.84. The fourth-order valence-corrected chi connectivity index (χ4v) is 6.43. The first-order valence-electron chi connectivity index (χ1n) is 14.0. The summed E-state index contributed by atoms with van der Waals surface area (Å²) in [5.74, 6) is -0.113. The highest BCUT2D eigenvalue weighted by atomic mass is 16.3. The van der Waals surface area contributed by atoms with E-state index in [1.807, 2.05) is 35.7 Å². The number of hydrogen-bond donors (Lipinski definition) is 2. The van der Waals surface area contributed by atoms with Crippen LogP contribution < -0.4 is 16.4 Å². The summed E-state index contributed by atoms with van der Waals surface area (Å²) in [6.45, 7) is 0. The second-order valence-corrected chi connectivity index (χ2v) is 10.9. The number of benzene rings is 7.